The molecular weight excluding hydrogens is 548 g/mol. The average molecular weight is 575 g/mol. The van der Waals surface area contributed by atoms with Gasteiger partial charge in [-0.1, -0.05) is 24.8 Å². The molecule has 1 N–H and O–H groups in total. The predicted octanol–water partition coefficient (Wildman–Crippen LogP) is 5.39. The van der Waals surface area contributed by atoms with E-state index in [1.807, 2.05) is 6.92 Å². The minimum atomic E-state index is -0.512. The molecule has 0 saturated carbocycles. The van der Waals surface area contributed by atoms with Crippen LogP contribution in [0.15, 0.2) is 65.8 Å². The zero-order valence-electron chi connectivity index (χ0n) is 22.7. The molecule has 0 bridgehead atoms. The van der Waals surface area contributed by atoms with E-state index in [-0.39, 0.29) is 11.6 Å². The van der Waals surface area contributed by atoms with Crippen LogP contribution in [0.3, 0.4) is 0 Å². The number of methoxy groups -OCH3 is 3. The number of hydrogen-bond donors (Lipinski definition) is 1. The number of nitrogens with one attached hydrogen (secondary N) is 1. The number of aromatic nitrogens is 4. The fourth-order valence-corrected chi connectivity index (χ4v) is 5.18. The summed E-state index contributed by atoms with van der Waals surface area (Å²) in [5, 5.41) is 19.3. The highest BCUT2D eigenvalue weighted by Crippen LogP contribution is 2.36. The summed E-state index contributed by atoms with van der Waals surface area (Å²) in [5.41, 5.74) is 2.22. The summed E-state index contributed by atoms with van der Waals surface area (Å²) in [5.74, 6) is 1.76. The molecule has 1 atom stereocenters. The lowest BCUT2D eigenvalue weighted by molar-refractivity contribution is -0.384. The van der Waals surface area contributed by atoms with E-state index < -0.39 is 10.2 Å². The highest BCUT2D eigenvalue weighted by Gasteiger charge is 2.24. The van der Waals surface area contributed by atoms with E-state index in [2.05, 4.69) is 5.32 Å². The van der Waals surface area contributed by atoms with Crippen molar-refractivity contribution < 1.29 is 23.9 Å². The molecule has 5 aromatic rings. The number of hydrogen-bond acceptors (Lipinski definition) is 10. The second kappa shape index (κ2) is 11.7. The summed E-state index contributed by atoms with van der Waals surface area (Å²) < 4.78 is 17.8. The SMILES string of the molecule is CC[C@@H](Sc1nc2cc(OC)c(OC)cc2c2nc(-c3ccc([N+](=O)[O-])cc3)nn12)C(=O)Nc1cccc(OC)c1. The Kier molecular flexibility index (Phi) is 7.88. The third kappa shape index (κ3) is 5.57. The molecule has 2 heterocycles. The number of nitro benzene ring substituents is 1. The molecule has 210 valence electrons. The van der Waals surface area contributed by atoms with Crippen LogP contribution in [0, 0.1) is 10.1 Å². The van der Waals surface area contributed by atoms with E-state index in [0.717, 1.165) is 0 Å². The first-order chi connectivity index (χ1) is 19.8. The van der Waals surface area contributed by atoms with E-state index in [0.29, 0.717) is 62.5 Å². The molecule has 0 saturated heterocycles. The lowest BCUT2D eigenvalue weighted by Gasteiger charge is -2.16. The minimum absolute atomic E-state index is 0.0365. The third-order valence-electron chi connectivity index (χ3n) is 6.33. The highest BCUT2D eigenvalue weighted by molar-refractivity contribution is 8.00. The van der Waals surface area contributed by atoms with Gasteiger partial charge in [0.05, 0.1) is 37.0 Å². The van der Waals surface area contributed by atoms with Crippen LogP contribution in [-0.2, 0) is 4.79 Å². The lowest BCUT2D eigenvalue weighted by atomic mass is 10.2. The highest BCUT2D eigenvalue weighted by atomic mass is 32.2. The summed E-state index contributed by atoms with van der Waals surface area (Å²) in [4.78, 5) is 33.6. The molecule has 0 radical (unpaired) electrons. The van der Waals surface area contributed by atoms with Gasteiger partial charge in [0.2, 0.25) is 5.91 Å². The van der Waals surface area contributed by atoms with E-state index in [9.17, 15) is 14.9 Å². The Morgan fingerprint density at radius 2 is 1.76 bits per heavy atom. The molecule has 0 fully saturated rings. The summed E-state index contributed by atoms with van der Waals surface area (Å²) in [6.45, 7) is 1.92. The van der Waals surface area contributed by atoms with Gasteiger partial charge >= 0.3 is 0 Å². The summed E-state index contributed by atoms with van der Waals surface area (Å²) in [7, 11) is 4.64. The maximum atomic E-state index is 13.3. The van der Waals surface area contributed by atoms with Crippen LogP contribution in [0.4, 0.5) is 11.4 Å². The lowest BCUT2D eigenvalue weighted by Crippen LogP contribution is -2.25. The van der Waals surface area contributed by atoms with Gasteiger partial charge in [-0.25, -0.2) is 9.97 Å². The number of rotatable bonds is 10. The zero-order chi connectivity index (χ0) is 29.1. The molecule has 13 heteroatoms. The number of thioether (sulfide) groups is 1. The number of benzene rings is 3. The summed E-state index contributed by atoms with van der Waals surface area (Å²) in [6.07, 6.45) is 0.511. The van der Waals surface area contributed by atoms with Gasteiger partial charge in [0.15, 0.2) is 28.1 Å². The van der Waals surface area contributed by atoms with Crippen molar-refractivity contribution in [2.75, 3.05) is 26.6 Å². The van der Waals surface area contributed by atoms with E-state index in [1.165, 1.54) is 38.1 Å². The van der Waals surface area contributed by atoms with Crippen molar-refractivity contribution >= 4 is 45.6 Å². The molecule has 5 rings (SSSR count). The molecule has 0 aliphatic rings. The van der Waals surface area contributed by atoms with Gasteiger partial charge in [-0.05, 0) is 36.8 Å². The van der Waals surface area contributed by atoms with Crippen molar-refractivity contribution in [2.24, 2.45) is 0 Å². The Morgan fingerprint density at radius 3 is 2.41 bits per heavy atom. The number of nitro groups is 1. The predicted molar refractivity (Wildman–Crippen MR) is 155 cm³/mol. The Hall–Kier alpha value is -4.91. The van der Waals surface area contributed by atoms with Gasteiger partial charge in [-0.15, -0.1) is 5.10 Å². The first kappa shape index (κ1) is 27.6. The zero-order valence-corrected chi connectivity index (χ0v) is 23.5. The second-order valence-corrected chi connectivity index (χ2v) is 10.00. The number of ether oxygens (including phenoxy) is 3. The van der Waals surface area contributed by atoms with Gasteiger partial charge < -0.3 is 19.5 Å². The molecule has 3 aromatic carbocycles. The number of carbonyl (C=O) groups is 1. The molecule has 41 heavy (non-hydrogen) atoms. The van der Waals surface area contributed by atoms with Crippen LogP contribution < -0.4 is 19.5 Å². The first-order valence-electron chi connectivity index (χ1n) is 12.5. The molecule has 0 spiro atoms. The van der Waals surface area contributed by atoms with Crippen LogP contribution >= 0.6 is 11.8 Å². The van der Waals surface area contributed by atoms with Crippen LogP contribution in [0.5, 0.6) is 17.2 Å². The fraction of sp³-hybridized carbons (Fsp3) is 0.214. The van der Waals surface area contributed by atoms with Crippen molar-refractivity contribution in [3.63, 3.8) is 0 Å². The summed E-state index contributed by atoms with van der Waals surface area (Å²) >= 11 is 1.25. The van der Waals surface area contributed by atoms with Crippen LogP contribution in [0.1, 0.15) is 13.3 Å². The van der Waals surface area contributed by atoms with Gasteiger partial charge in [0.25, 0.3) is 5.69 Å². The van der Waals surface area contributed by atoms with E-state index in [4.69, 9.17) is 29.3 Å². The third-order valence-corrected chi connectivity index (χ3v) is 7.64. The van der Waals surface area contributed by atoms with E-state index >= 15 is 0 Å². The number of anilines is 1. The van der Waals surface area contributed by atoms with E-state index in [1.54, 1.807) is 60.2 Å². The molecule has 1 amide bonds. The molecule has 12 nitrogen and oxygen atoms in total. The Labute approximate surface area is 238 Å². The molecular formula is C28H26N6O6S. The normalized spacial score (nSPS) is 11.8. The second-order valence-electron chi connectivity index (χ2n) is 8.83. The first-order valence-corrected chi connectivity index (χ1v) is 13.4. The van der Waals surface area contributed by atoms with Gasteiger partial charge in [-0.3, -0.25) is 14.9 Å². The standard InChI is InChI=1S/C28H26N6O6S/c1-5-24(27(35)29-17-7-6-8-19(13-17)38-2)41-28-30-21-15-23(40-4)22(39-3)14-20(21)26-31-25(32-33(26)28)16-9-11-18(12-10-16)34(36)37/h6-15,24H,5H2,1-4H3,(H,29,35)/t24-/m1/s1. The van der Waals surface area contributed by atoms with Crippen molar-refractivity contribution in [1.82, 2.24) is 19.6 Å². The fourth-order valence-electron chi connectivity index (χ4n) is 4.21. The van der Waals surface area contributed by atoms with Gasteiger partial charge in [0, 0.05) is 40.9 Å². The van der Waals surface area contributed by atoms with Gasteiger partial charge in [0.1, 0.15) is 5.75 Å². The topological polar surface area (TPSA) is 143 Å². The average Bonchev–Trinajstić information content (AvgIpc) is 3.45. The number of fused-ring (bicyclic) bond motifs is 3. The Balaban J connectivity index is 1.59. The molecule has 2 aromatic heterocycles. The molecule has 0 unspecified atom stereocenters. The van der Waals surface area contributed by atoms with Crippen LogP contribution in [0.2, 0.25) is 0 Å². The number of carbonyl (C=O) groups excluding carboxylic acids is 1. The number of non-ortho nitro benzene ring substituents is 1. The largest absolute Gasteiger partial charge is 0.497 e. The van der Waals surface area contributed by atoms with Crippen molar-refractivity contribution in [2.45, 2.75) is 23.8 Å². The van der Waals surface area contributed by atoms with Crippen LogP contribution in [-0.4, -0.2) is 57.0 Å². The van der Waals surface area contributed by atoms with Crippen molar-refractivity contribution in [3.05, 3.63) is 70.8 Å². The van der Waals surface area contributed by atoms with Crippen LogP contribution in [0.25, 0.3) is 27.9 Å². The molecule has 0 aliphatic heterocycles. The Bertz CT molecular complexity index is 1760. The van der Waals surface area contributed by atoms with Gasteiger partial charge in [-0.2, -0.15) is 4.52 Å². The smallest absolute Gasteiger partial charge is 0.269 e. The quantitative estimate of drug-likeness (QED) is 0.0998. The minimum Gasteiger partial charge on any atom is -0.497 e. The Morgan fingerprint density at radius 1 is 1.02 bits per heavy atom. The molecule has 0 aliphatic carbocycles. The maximum Gasteiger partial charge on any atom is 0.269 e. The number of amides is 1. The van der Waals surface area contributed by atoms with Crippen molar-refractivity contribution in [3.8, 4) is 28.6 Å². The van der Waals surface area contributed by atoms with Crippen molar-refractivity contribution in [1.29, 1.82) is 0 Å². The maximum absolute atomic E-state index is 13.3. The number of nitrogens with zero attached hydrogens (tertiary/aromatic N) is 5. The summed E-state index contributed by atoms with van der Waals surface area (Å²) in [6, 6.07) is 16.6. The monoisotopic (exact) mass is 574 g/mol.